The van der Waals surface area contributed by atoms with E-state index in [-0.39, 0.29) is 11.5 Å². The molecule has 6 nitrogen and oxygen atoms in total. The summed E-state index contributed by atoms with van der Waals surface area (Å²) in [5.41, 5.74) is 8.47. The number of nitrogens with two attached hydrogens (primary N) is 1. The molecule has 0 aliphatic carbocycles. The molecule has 0 spiro atoms. The zero-order valence-corrected chi connectivity index (χ0v) is 16.4. The van der Waals surface area contributed by atoms with Gasteiger partial charge in [-0.05, 0) is 31.2 Å². The van der Waals surface area contributed by atoms with Gasteiger partial charge in [-0.25, -0.2) is 4.98 Å². The molecule has 0 aliphatic heterocycles. The van der Waals surface area contributed by atoms with Crippen LogP contribution in [0, 0.1) is 6.92 Å². The Balaban J connectivity index is 1.89. The summed E-state index contributed by atoms with van der Waals surface area (Å²) in [6.07, 6.45) is 0. The molecule has 148 valence electrons. The molecule has 4 rings (SSSR count). The summed E-state index contributed by atoms with van der Waals surface area (Å²) in [5.74, 6) is -0.0599. The van der Waals surface area contributed by atoms with Crippen molar-refractivity contribution in [3.05, 3.63) is 106 Å². The second-order valence-corrected chi connectivity index (χ2v) is 6.86. The van der Waals surface area contributed by atoms with Crippen LogP contribution in [0.2, 0.25) is 0 Å². The highest BCUT2D eigenvalue weighted by atomic mass is 16.2. The molecule has 3 aromatic carbocycles. The normalized spacial score (nSPS) is 10.6. The lowest BCUT2D eigenvalue weighted by Crippen LogP contribution is -2.28. The lowest BCUT2D eigenvalue weighted by molar-refractivity contribution is 0.102. The van der Waals surface area contributed by atoms with Gasteiger partial charge in [0.15, 0.2) is 11.5 Å². The van der Waals surface area contributed by atoms with Crippen LogP contribution in [0.1, 0.15) is 15.9 Å². The molecule has 3 N–H and O–H groups in total. The van der Waals surface area contributed by atoms with Gasteiger partial charge in [-0.15, -0.1) is 0 Å². The second-order valence-electron chi connectivity index (χ2n) is 6.86. The molecule has 0 bridgehead atoms. The van der Waals surface area contributed by atoms with E-state index in [1.807, 2.05) is 67.6 Å². The fraction of sp³-hybridized carbons (Fsp3) is 0.0417. The predicted octanol–water partition coefficient (Wildman–Crippen LogP) is 4.04. The fourth-order valence-corrected chi connectivity index (χ4v) is 3.14. The van der Waals surface area contributed by atoms with Gasteiger partial charge in [-0.1, -0.05) is 66.2 Å². The fourth-order valence-electron chi connectivity index (χ4n) is 3.14. The van der Waals surface area contributed by atoms with E-state index in [1.165, 1.54) is 4.57 Å². The van der Waals surface area contributed by atoms with E-state index in [2.05, 4.69) is 10.3 Å². The van der Waals surface area contributed by atoms with Crippen molar-refractivity contribution in [3.8, 4) is 17.1 Å². The molecule has 0 saturated heterocycles. The number of rotatable bonds is 4. The minimum atomic E-state index is -0.450. The Morgan fingerprint density at radius 1 is 0.900 bits per heavy atom. The van der Waals surface area contributed by atoms with Gasteiger partial charge in [0.25, 0.3) is 11.5 Å². The number of anilines is 2. The van der Waals surface area contributed by atoms with Crippen molar-refractivity contribution >= 4 is 17.4 Å². The highest BCUT2D eigenvalue weighted by Crippen LogP contribution is 2.24. The Bertz CT molecular complexity index is 1250. The number of nitrogens with zero attached hydrogens (tertiary/aromatic N) is 2. The van der Waals surface area contributed by atoms with Crippen LogP contribution in [0.25, 0.3) is 17.1 Å². The molecule has 6 heteroatoms. The third-order valence-corrected chi connectivity index (χ3v) is 4.71. The highest BCUT2D eigenvalue weighted by Gasteiger charge is 2.19. The summed E-state index contributed by atoms with van der Waals surface area (Å²) in [6, 6.07) is 25.5. The number of nitrogens with one attached hydrogen (secondary N) is 1. The van der Waals surface area contributed by atoms with Crippen LogP contribution in [0.4, 0.5) is 11.5 Å². The molecule has 4 aromatic rings. The average molecular weight is 396 g/mol. The smallest absolute Gasteiger partial charge is 0.284 e. The number of carbonyl (C=O) groups is 1. The second kappa shape index (κ2) is 8.05. The van der Waals surface area contributed by atoms with E-state index in [0.717, 1.165) is 11.1 Å². The SMILES string of the molecule is Cc1ccc(-n2c(-c3ccccc3)nc(N)c(NC(=O)c3ccccc3)c2=O)cc1. The van der Waals surface area contributed by atoms with Gasteiger partial charge in [0.1, 0.15) is 5.82 Å². The Morgan fingerprint density at radius 2 is 1.50 bits per heavy atom. The molecule has 1 aromatic heterocycles. The Labute approximate surface area is 173 Å². The zero-order chi connectivity index (χ0) is 21.1. The van der Waals surface area contributed by atoms with Crippen LogP contribution in [-0.2, 0) is 0 Å². The first-order chi connectivity index (χ1) is 14.5. The summed E-state index contributed by atoms with van der Waals surface area (Å²) in [4.78, 5) is 30.6. The third kappa shape index (κ3) is 3.71. The third-order valence-electron chi connectivity index (χ3n) is 4.71. The molecule has 1 amide bonds. The number of nitrogen functional groups attached to an aromatic ring is 1. The molecular formula is C24H20N4O2. The van der Waals surface area contributed by atoms with Crippen LogP contribution in [-0.4, -0.2) is 15.5 Å². The van der Waals surface area contributed by atoms with Crippen LogP contribution in [0.3, 0.4) is 0 Å². The maximum atomic E-state index is 13.5. The summed E-state index contributed by atoms with van der Waals surface area (Å²) in [6.45, 7) is 1.97. The molecule has 0 fully saturated rings. The van der Waals surface area contributed by atoms with E-state index >= 15 is 0 Å². The molecule has 0 aliphatic rings. The van der Waals surface area contributed by atoms with Crippen LogP contribution in [0.5, 0.6) is 0 Å². The number of hydrogen-bond donors (Lipinski definition) is 2. The quantitative estimate of drug-likeness (QED) is 0.545. The predicted molar refractivity (Wildman–Crippen MR) is 119 cm³/mol. The minimum absolute atomic E-state index is 0.0357. The van der Waals surface area contributed by atoms with Gasteiger partial charge in [-0.3, -0.25) is 14.2 Å². The van der Waals surface area contributed by atoms with Gasteiger partial charge < -0.3 is 11.1 Å². The van der Waals surface area contributed by atoms with E-state index in [4.69, 9.17) is 5.73 Å². The van der Waals surface area contributed by atoms with Crippen LogP contribution >= 0.6 is 0 Å². The summed E-state index contributed by atoms with van der Waals surface area (Å²) in [5, 5.41) is 2.64. The number of aryl methyl sites for hydroxylation is 1. The monoisotopic (exact) mass is 396 g/mol. The first kappa shape index (κ1) is 19.1. The van der Waals surface area contributed by atoms with Gasteiger partial charge in [0.2, 0.25) is 0 Å². The van der Waals surface area contributed by atoms with E-state index in [9.17, 15) is 9.59 Å². The maximum Gasteiger partial charge on any atom is 0.284 e. The summed E-state index contributed by atoms with van der Waals surface area (Å²) >= 11 is 0. The zero-order valence-electron chi connectivity index (χ0n) is 16.4. The van der Waals surface area contributed by atoms with Crippen molar-refractivity contribution in [1.82, 2.24) is 9.55 Å². The number of hydrogen-bond acceptors (Lipinski definition) is 4. The van der Waals surface area contributed by atoms with Gasteiger partial charge in [-0.2, -0.15) is 0 Å². The largest absolute Gasteiger partial charge is 0.382 e. The number of carbonyl (C=O) groups excluding carboxylic acids is 1. The Hall–Kier alpha value is -4.19. The first-order valence-electron chi connectivity index (χ1n) is 9.46. The Morgan fingerprint density at radius 3 is 2.13 bits per heavy atom. The molecule has 0 saturated carbocycles. The van der Waals surface area contributed by atoms with Gasteiger partial charge in [0, 0.05) is 11.1 Å². The average Bonchev–Trinajstić information content (AvgIpc) is 2.78. The molecule has 0 radical (unpaired) electrons. The van der Waals surface area contributed by atoms with Crippen LogP contribution in [0.15, 0.2) is 89.7 Å². The minimum Gasteiger partial charge on any atom is -0.382 e. The molecule has 30 heavy (non-hydrogen) atoms. The summed E-state index contributed by atoms with van der Waals surface area (Å²) in [7, 11) is 0. The number of amides is 1. The van der Waals surface area contributed by atoms with Gasteiger partial charge in [0.05, 0.1) is 5.69 Å². The lowest BCUT2D eigenvalue weighted by Gasteiger charge is -2.16. The molecule has 1 heterocycles. The van der Waals surface area contributed by atoms with Crippen molar-refractivity contribution in [2.45, 2.75) is 6.92 Å². The summed E-state index contributed by atoms with van der Waals surface area (Å²) < 4.78 is 1.46. The molecule has 0 atom stereocenters. The van der Waals surface area contributed by atoms with Crippen molar-refractivity contribution in [2.24, 2.45) is 0 Å². The van der Waals surface area contributed by atoms with E-state index in [1.54, 1.807) is 24.3 Å². The number of aromatic nitrogens is 2. The van der Waals surface area contributed by atoms with Crippen molar-refractivity contribution in [1.29, 1.82) is 0 Å². The molecule has 0 unspecified atom stereocenters. The maximum absolute atomic E-state index is 13.5. The highest BCUT2D eigenvalue weighted by molar-refractivity contribution is 6.05. The Kier molecular flexibility index (Phi) is 5.13. The van der Waals surface area contributed by atoms with Gasteiger partial charge >= 0.3 is 0 Å². The van der Waals surface area contributed by atoms with Crippen molar-refractivity contribution in [2.75, 3.05) is 11.1 Å². The van der Waals surface area contributed by atoms with E-state index < -0.39 is 11.5 Å². The standard InChI is InChI=1S/C24H20N4O2/c1-16-12-14-19(15-13-16)28-22(17-8-4-2-5-9-17)27-21(25)20(24(28)30)26-23(29)18-10-6-3-7-11-18/h2-15H,25H2,1H3,(H,26,29). The molecular weight excluding hydrogens is 376 g/mol. The topological polar surface area (TPSA) is 90.0 Å². The van der Waals surface area contributed by atoms with Crippen molar-refractivity contribution in [3.63, 3.8) is 0 Å². The number of benzene rings is 3. The van der Waals surface area contributed by atoms with Crippen LogP contribution < -0.4 is 16.6 Å². The van der Waals surface area contributed by atoms with E-state index in [0.29, 0.717) is 17.1 Å². The van der Waals surface area contributed by atoms with Crippen molar-refractivity contribution < 1.29 is 4.79 Å². The first-order valence-corrected chi connectivity index (χ1v) is 9.46. The lowest BCUT2D eigenvalue weighted by atomic mass is 10.1.